The van der Waals surface area contributed by atoms with Gasteiger partial charge in [-0.1, -0.05) is 6.07 Å². The van der Waals surface area contributed by atoms with Gasteiger partial charge >= 0.3 is 5.97 Å². The van der Waals surface area contributed by atoms with Crippen LogP contribution in [-0.4, -0.2) is 37.5 Å². The number of aromatic nitrogens is 1. The molecule has 0 saturated carbocycles. The van der Waals surface area contributed by atoms with Crippen molar-refractivity contribution in [3.63, 3.8) is 0 Å². The van der Waals surface area contributed by atoms with Gasteiger partial charge in [0.25, 0.3) is 0 Å². The van der Waals surface area contributed by atoms with Crippen LogP contribution in [0, 0.1) is 0 Å². The van der Waals surface area contributed by atoms with Gasteiger partial charge in [0.15, 0.2) is 0 Å². The number of hydrogen-bond acceptors (Lipinski definition) is 9. The Kier molecular flexibility index (Phi) is 7.01. The van der Waals surface area contributed by atoms with Gasteiger partial charge in [-0.25, -0.2) is 9.78 Å². The van der Waals surface area contributed by atoms with Crippen LogP contribution in [0.5, 0.6) is 11.5 Å². The Hall–Kier alpha value is -3.59. The summed E-state index contributed by atoms with van der Waals surface area (Å²) in [5.41, 5.74) is 9.72. The summed E-state index contributed by atoms with van der Waals surface area (Å²) in [4.78, 5) is 15.6. The molecular formula is C20H20N4O4S. The lowest BCUT2D eigenvalue weighted by Crippen LogP contribution is -2.09. The van der Waals surface area contributed by atoms with E-state index in [0.29, 0.717) is 35.5 Å². The average Bonchev–Trinajstić information content (AvgIpc) is 3.17. The van der Waals surface area contributed by atoms with Crippen LogP contribution in [0.15, 0.2) is 59.0 Å². The smallest absolute Gasteiger partial charge is 0.337 e. The molecule has 9 heteroatoms. The lowest BCUT2D eigenvalue weighted by molar-refractivity contribution is 0.0600. The molecule has 0 bridgehead atoms. The van der Waals surface area contributed by atoms with E-state index in [1.807, 2.05) is 24.3 Å². The van der Waals surface area contributed by atoms with Gasteiger partial charge in [0, 0.05) is 5.38 Å². The Labute approximate surface area is 171 Å². The van der Waals surface area contributed by atoms with Crippen molar-refractivity contribution in [3.05, 3.63) is 65.0 Å². The van der Waals surface area contributed by atoms with Crippen molar-refractivity contribution >= 4 is 34.5 Å². The Balaban J connectivity index is 1.41. The third kappa shape index (κ3) is 6.22. The molecule has 0 aliphatic rings. The molecule has 0 aliphatic heterocycles. The van der Waals surface area contributed by atoms with Crippen LogP contribution in [0.1, 0.15) is 15.9 Å². The zero-order valence-corrected chi connectivity index (χ0v) is 16.5. The number of esters is 1. The monoisotopic (exact) mass is 412 g/mol. The molecule has 3 aromatic rings. The molecule has 150 valence electrons. The Morgan fingerprint density at radius 1 is 1.17 bits per heavy atom. The minimum absolute atomic E-state index is 0.342. The number of nitrogens with zero attached hydrogens (tertiary/aromatic N) is 2. The summed E-state index contributed by atoms with van der Waals surface area (Å²) in [7, 11) is 1.34. The number of nitrogens with two attached hydrogens (primary N) is 1. The molecule has 0 radical (unpaired) electrons. The van der Waals surface area contributed by atoms with Crippen LogP contribution in [0.3, 0.4) is 0 Å². The average molecular weight is 412 g/mol. The number of carbonyl (C=O) groups is 1. The number of thiazole rings is 1. The number of nitrogen functional groups attached to an aromatic ring is 1. The first-order valence-electron chi connectivity index (χ1n) is 8.68. The number of anilines is 2. The number of nitrogens with one attached hydrogen (secondary N) is 1. The standard InChI is InChI=1S/C20H20N4O4S/c1-26-19(25)15-3-2-4-17(11-15)28-10-9-27-16-7-5-14(6-8-16)12-22-24-20-23-18(21)13-29-20/h2-8,11-13H,9-10,21H2,1H3,(H,23,24). The van der Waals surface area contributed by atoms with Crippen molar-refractivity contribution in [2.45, 2.75) is 0 Å². The van der Waals surface area contributed by atoms with Gasteiger partial charge in [-0.05, 0) is 48.0 Å². The van der Waals surface area contributed by atoms with E-state index in [1.54, 1.807) is 35.9 Å². The molecule has 0 aliphatic carbocycles. The molecule has 3 rings (SSSR count). The van der Waals surface area contributed by atoms with Crippen LogP contribution < -0.4 is 20.6 Å². The number of hydrogen-bond donors (Lipinski definition) is 2. The second kappa shape index (κ2) is 10.1. The third-order valence-electron chi connectivity index (χ3n) is 3.65. The first kappa shape index (κ1) is 20.2. The lowest BCUT2D eigenvalue weighted by Gasteiger charge is -2.09. The highest BCUT2D eigenvalue weighted by Crippen LogP contribution is 2.17. The molecule has 0 spiro atoms. The number of rotatable bonds is 9. The predicted octanol–water partition coefficient (Wildman–Crippen LogP) is 3.42. The van der Waals surface area contributed by atoms with Crippen molar-refractivity contribution in [1.29, 1.82) is 0 Å². The van der Waals surface area contributed by atoms with Crippen LogP contribution in [0.4, 0.5) is 10.9 Å². The maximum Gasteiger partial charge on any atom is 0.337 e. The van der Waals surface area contributed by atoms with E-state index in [-0.39, 0.29) is 0 Å². The maximum absolute atomic E-state index is 11.5. The van der Waals surface area contributed by atoms with Gasteiger partial charge < -0.3 is 19.9 Å². The minimum atomic E-state index is -0.402. The van der Waals surface area contributed by atoms with E-state index in [0.717, 1.165) is 11.3 Å². The van der Waals surface area contributed by atoms with Crippen LogP contribution >= 0.6 is 11.3 Å². The molecule has 29 heavy (non-hydrogen) atoms. The summed E-state index contributed by atoms with van der Waals surface area (Å²) in [5.74, 6) is 1.36. The molecule has 3 N–H and O–H groups in total. The minimum Gasteiger partial charge on any atom is -0.490 e. The van der Waals surface area contributed by atoms with Crippen molar-refractivity contribution in [2.24, 2.45) is 5.10 Å². The van der Waals surface area contributed by atoms with Crippen LogP contribution in [0.2, 0.25) is 0 Å². The molecular weight excluding hydrogens is 392 g/mol. The molecule has 1 aromatic heterocycles. The van der Waals surface area contributed by atoms with Crippen molar-refractivity contribution < 1.29 is 19.0 Å². The highest BCUT2D eigenvalue weighted by molar-refractivity contribution is 7.14. The third-order valence-corrected chi connectivity index (χ3v) is 4.42. The van der Waals surface area contributed by atoms with Gasteiger partial charge in [0.1, 0.15) is 30.5 Å². The second-order valence-electron chi connectivity index (χ2n) is 5.73. The highest BCUT2D eigenvalue weighted by atomic mass is 32.1. The quantitative estimate of drug-likeness (QED) is 0.240. The first-order chi connectivity index (χ1) is 14.1. The zero-order chi connectivity index (χ0) is 20.5. The zero-order valence-electron chi connectivity index (χ0n) is 15.7. The summed E-state index contributed by atoms with van der Waals surface area (Å²) in [6.45, 7) is 0.706. The maximum atomic E-state index is 11.5. The van der Waals surface area contributed by atoms with Gasteiger partial charge in [0.05, 0.1) is 18.9 Å². The molecule has 0 atom stereocenters. The highest BCUT2D eigenvalue weighted by Gasteiger charge is 2.06. The number of carbonyl (C=O) groups excluding carboxylic acids is 1. The molecule has 0 fully saturated rings. The molecule has 0 saturated heterocycles. The fourth-order valence-corrected chi connectivity index (χ4v) is 2.85. The Morgan fingerprint density at radius 2 is 1.93 bits per heavy atom. The van der Waals surface area contributed by atoms with Crippen molar-refractivity contribution in [3.8, 4) is 11.5 Å². The van der Waals surface area contributed by atoms with Gasteiger partial charge in [-0.15, -0.1) is 11.3 Å². The summed E-state index contributed by atoms with van der Waals surface area (Å²) < 4.78 is 16.0. The first-order valence-corrected chi connectivity index (χ1v) is 9.56. The summed E-state index contributed by atoms with van der Waals surface area (Å²) in [5, 5.41) is 6.49. The van der Waals surface area contributed by atoms with E-state index < -0.39 is 5.97 Å². The van der Waals surface area contributed by atoms with Crippen LogP contribution in [0.25, 0.3) is 0 Å². The van der Waals surface area contributed by atoms with E-state index in [9.17, 15) is 4.79 Å². The van der Waals surface area contributed by atoms with Gasteiger partial charge in [0.2, 0.25) is 5.13 Å². The molecule has 0 amide bonds. The second-order valence-corrected chi connectivity index (χ2v) is 6.59. The SMILES string of the molecule is COC(=O)c1cccc(OCCOc2ccc(C=NNc3nc(N)cs3)cc2)c1. The predicted molar refractivity (Wildman–Crippen MR) is 113 cm³/mol. The number of methoxy groups -OCH3 is 1. The number of ether oxygens (including phenoxy) is 3. The molecule has 8 nitrogen and oxygen atoms in total. The van der Waals surface area contributed by atoms with Crippen LogP contribution in [-0.2, 0) is 4.74 Å². The van der Waals surface area contributed by atoms with E-state index in [4.69, 9.17) is 19.9 Å². The van der Waals surface area contributed by atoms with E-state index in [2.05, 4.69) is 15.5 Å². The summed E-state index contributed by atoms with van der Waals surface area (Å²) in [6.07, 6.45) is 1.68. The number of benzene rings is 2. The largest absolute Gasteiger partial charge is 0.490 e. The fraction of sp³-hybridized carbons (Fsp3) is 0.150. The van der Waals surface area contributed by atoms with E-state index in [1.165, 1.54) is 18.4 Å². The normalized spacial score (nSPS) is 10.7. The lowest BCUT2D eigenvalue weighted by atomic mass is 10.2. The Morgan fingerprint density at radius 3 is 2.62 bits per heavy atom. The summed E-state index contributed by atoms with van der Waals surface area (Å²) >= 11 is 1.38. The van der Waals surface area contributed by atoms with Gasteiger partial charge in [-0.3, -0.25) is 5.43 Å². The topological polar surface area (TPSA) is 108 Å². The van der Waals surface area contributed by atoms with Crippen molar-refractivity contribution in [1.82, 2.24) is 4.98 Å². The number of hydrazone groups is 1. The van der Waals surface area contributed by atoms with Gasteiger partial charge in [-0.2, -0.15) is 5.10 Å². The molecule has 2 aromatic carbocycles. The van der Waals surface area contributed by atoms with E-state index >= 15 is 0 Å². The molecule has 1 heterocycles. The Bertz CT molecular complexity index is 973. The summed E-state index contributed by atoms with van der Waals surface area (Å²) in [6, 6.07) is 14.3. The molecule has 0 unspecified atom stereocenters. The van der Waals surface area contributed by atoms with Crippen molar-refractivity contribution in [2.75, 3.05) is 31.5 Å². The fourth-order valence-electron chi connectivity index (χ4n) is 2.30.